The molecule has 12 heavy (non-hydrogen) atoms. The van der Waals surface area contributed by atoms with Crippen LogP contribution in [0.4, 0.5) is 0 Å². The summed E-state index contributed by atoms with van der Waals surface area (Å²) in [6, 6.07) is 0.307. The van der Waals surface area contributed by atoms with E-state index in [-0.39, 0.29) is 0 Å². The second kappa shape index (κ2) is 12.4. The maximum atomic E-state index is 4.84. The molecule has 0 aromatic heterocycles. The van der Waals surface area contributed by atoms with Crippen LogP contribution >= 0.6 is 40.0 Å². The van der Waals surface area contributed by atoms with E-state index in [0.29, 0.717) is 21.4 Å². The summed E-state index contributed by atoms with van der Waals surface area (Å²) >= 11 is 4.74. The van der Waals surface area contributed by atoms with Gasteiger partial charge >= 0.3 is 49.4 Å². The summed E-state index contributed by atoms with van der Waals surface area (Å²) in [6.45, 7) is 6.21. The normalized spacial score (nSPS) is 10.8. The fraction of sp³-hybridized carbons (Fsp3) is 0.714. The summed E-state index contributed by atoms with van der Waals surface area (Å²) in [6.07, 6.45) is 6.88. The van der Waals surface area contributed by atoms with Crippen LogP contribution in [0.1, 0.15) is 20.8 Å². The van der Waals surface area contributed by atoms with Crippen molar-refractivity contribution in [1.29, 1.82) is 0 Å². The molecule has 0 aliphatic carbocycles. The average Bonchev–Trinajstić information content (AvgIpc) is 2.01. The van der Waals surface area contributed by atoms with Gasteiger partial charge in [0.15, 0.2) is 0 Å². The van der Waals surface area contributed by atoms with Gasteiger partial charge in [-0.15, -0.1) is 5.48 Å². The molecule has 5 heteroatoms. The molecule has 0 aromatic carbocycles. The zero-order valence-electron chi connectivity index (χ0n) is 7.34. The van der Waals surface area contributed by atoms with E-state index in [1.807, 2.05) is 13.0 Å². The molecule has 0 radical (unpaired) electrons. The van der Waals surface area contributed by atoms with Crippen molar-refractivity contribution in [3.63, 3.8) is 0 Å². The van der Waals surface area contributed by atoms with Gasteiger partial charge in [0, 0.05) is 6.04 Å². The first kappa shape index (κ1) is 15.8. The number of rotatable bonds is 3. The zero-order chi connectivity index (χ0) is 9.98. The summed E-state index contributed by atoms with van der Waals surface area (Å²) in [4.78, 5) is 4.53. The van der Waals surface area contributed by atoms with E-state index in [0.717, 1.165) is 0 Å². The Morgan fingerprint density at radius 2 is 1.83 bits per heavy atom. The SMILES string of the molecule is C#CONC(C)C(C)C.[I][V][I]. The topological polar surface area (TPSA) is 21.3 Å². The molecule has 1 atom stereocenters. The van der Waals surface area contributed by atoms with E-state index in [2.05, 4.69) is 64.1 Å². The molecule has 0 aliphatic heterocycles. The van der Waals surface area contributed by atoms with Crippen molar-refractivity contribution in [2.45, 2.75) is 26.8 Å². The summed E-state index contributed by atoms with van der Waals surface area (Å²) in [7, 11) is 0.628. The third-order valence-electron chi connectivity index (χ3n) is 1.30. The van der Waals surface area contributed by atoms with Gasteiger partial charge < -0.3 is 4.84 Å². The van der Waals surface area contributed by atoms with Crippen LogP contribution in [0.15, 0.2) is 0 Å². The Kier molecular flexibility index (Phi) is 16.3. The minimum atomic E-state index is 0.307. The van der Waals surface area contributed by atoms with E-state index in [4.69, 9.17) is 6.42 Å². The van der Waals surface area contributed by atoms with Crippen molar-refractivity contribution in [3.05, 3.63) is 0 Å². The molecule has 0 rings (SSSR count). The van der Waals surface area contributed by atoms with Crippen LogP contribution in [0.2, 0.25) is 0 Å². The third kappa shape index (κ3) is 13.9. The molecular formula is C7H13I2NOV. The van der Waals surface area contributed by atoms with Gasteiger partial charge in [-0.05, 0) is 12.8 Å². The van der Waals surface area contributed by atoms with Crippen molar-refractivity contribution in [1.82, 2.24) is 5.48 Å². The molecule has 1 unspecified atom stereocenters. The van der Waals surface area contributed by atoms with E-state index in [9.17, 15) is 0 Å². The Balaban J connectivity index is 0. The Labute approximate surface area is 104 Å². The van der Waals surface area contributed by atoms with Crippen molar-refractivity contribution in [2.24, 2.45) is 5.92 Å². The molecule has 0 saturated carbocycles. The van der Waals surface area contributed by atoms with Crippen LogP contribution in [-0.4, -0.2) is 6.04 Å². The Bertz CT molecular complexity index is 127. The Morgan fingerprint density at radius 1 is 1.42 bits per heavy atom. The molecule has 0 spiro atoms. The van der Waals surface area contributed by atoms with Gasteiger partial charge in [0.05, 0.1) is 0 Å². The Hall–Kier alpha value is 1.36. The van der Waals surface area contributed by atoms with Gasteiger partial charge in [-0.2, -0.15) is 0 Å². The molecule has 0 aromatic rings. The summed E-state index contributed by atoms with van der Waals surface area (Å²) < 4.78 is 0. The number of nitrogens with one attached hydrogen (secondary N) is 1. The zero-order valence-corrected chi connectivity index (χ0v) is 13.1. The van der Waals surface area contributed by atoms with Gasteiger partial charge in [-0.3, -0.25) is 0 Å². The van der Waals surface area contributed by atoms with E-state index >= 15 is 0 Å². The van der Waals surface area contributed by atoms with Gasteiger partial charge in [0.25, 0.3) is 0 Å². The number of hydrogen-bond acceptors (Lipinski definition) is 2. The van der Waals surface area contributed by atoms with Crippen LogP contribution in [0.5, 0.6) is 0 Å². The van der Waals surface area contributed by atoms with Gasteiger partial charge in [-0.1, -0.05) is 20.3 Å². The Morgan fingerprint density at radius 3 is 2.08 bits per heavy atom. The first-order chi connectivity index (χ1) is 5.59. The predicted molar refractivity (Wildman–Crippen MR) is 65.4 cm³/mol. The first-order valence-electron chi connectivity index (χ1n) is 3.39. The second-order valence-corrected chi connectivity index (χ2v) is 14.2. The van der Waals surface area contributed by atoms with Crippen molar-refractivity contribution < 1.29 is 14.3 Å². The molecule has 0 fully saturated rings. The van der Waals surface area contributed by atoms with Crippen molar-refractivity contribution in [2.75, 3.05) is 0 Å². The summed E-state index contributed by atoms with van der Waals surface area (Å²) in [5.41, 5.74) is 2.70. The number of hydrogen-bond donors (Lipinski definition) is 1. The van der Waals surface area contributed by atoms with Crippen LogP contribution in [-0.2, 0) is 14.3 Å². The summed E-state index contributed by atoms with van der Waals surface area (Å²) in [5, 5.41) is 0. The van der Waals surface area contributed by atoms with E-state index in [1.54, 1.807) is 0 Å². The van der Waals surface area contributed by atoms with E-state index in [1.165, 1.54) is 0 Å². The molecule has 0 saturated heterocycles. The molecule has 0 bridgehead atoms. The van der Waals surface area contributed by atoms with Crippen LogP contribution in [0, 0.1) is 18.4 Å². The number of hydroxylamine groups is 1. The third-order valence-corrected chi connectivity index (χ3v) is 1.30. The molecule has 0 amide bonds. The van der Waals surface area contributed by atoms with Crippen LogP contribution in [0.3, 0.4) is 0 Å². The standard InChI is InChI=1S/C7H13NO.2HI.V/c1-5-9-8-7(4)6(2)3;;;/h1,6-8H,2-4H3;2*1H;/q;;;+2/p-2. The first-order valence-corrected chi connectivity index (χ1v) is 12.4. The van der Waals surface area contributed by atoms with Crippen molar-refractivity contribution in [3.8, 4) is 12.5 Å². The van der Waals surface area contributed by atoms with Gasteiger partial charge in [0.1, 0.15) is 6.11 Å². The van der Waals surface area contributed by atoms with Crippen LogP contribution in [0.25, 0.3) is 0 Å². The molecule has 0 heterocycles. The van der Waals surface area contributed by atoms with Crippen LogP contribution < -0.4 is 5.48 Å². The number of halogens is 2. The summed E-state index contributed by atoms with van der Waals surface area (Å²) in [5.74, 6) is 0.540. The molecule has 1 N–H and O–H groups in total. The fourth-order valence-corrected chi connectivity index (χ4v) is 0.263. The second-order valence-electron chi connectivity index (χ2n) is 2.43. The molecule has 71 valence electrons. The molecule has 2 nitrogen and oxygen atoms in total. The molecule has 0 aliphatic rings. The monoisotopic (exact) mass is 432 g/mol. The number of terminal acetylenes is 1. The van der Waals surface area contributed by atoms with Gasteiger partial charge in [0.2, 0.25) is 0 Å². The molecular weight excluding hydrogens is 419 g/mol. The van der Waals surface area contributed by atoms with E-state index < -0.39 is 0 Å². The van der Waals surface area contributed by atoms with Crippen molar-refractivity contribution >= 4 is 40.0 Å². The maximum absolute atomic E-state index is 4.84. The average molecular weight is 432 g/mol. The predicted octanol–water partition coefficient (Wildman–Crippen LogP) is 2.91. The van der Waals surface area contributed by atoms with Gasteiger partial charge in [-0.25, -0.2) is 0 Å². The minimum absolute atomic E-state index is 0.307. The fourth-order valence-electron chi connectivity index (χ4n) is 0.263. The quantitative estimate of drug-likeness (QED) is 0.421.